The maximum absolute atomic E-state index is 5.99. The fourth-order valence-corrected chi connectivity index (χ4v) is 3.81. The van der Waals surface area contributed by atoms with E-state index in [0.717, 1.165) is 18.5 Å². The Bertz CT molecular complexity index is 231. The highest BCUT2D eigenvalue weighted by Crippen LogP contribution is 2.37. The van der Waals surface area contributed by atoms with Crippen LogP contribution in [0.2, 0.25) is 0 Å². The van der Waals surface area contributed by atoms with Crippen molar-refractivity contribution in [1.82, 2.24) is 5.32 Å². The van der Waals surface area contributed by atoms with Crippen LogP contribution < -0.4 is 11.1 Å². The van der Waals surface area contributed by atoms with Crippen LogP contribution in [0.15, 0.2) is 0 Å². The molecule has 2 heteroatoms. The van der Waals surface area contributed by atoms with E-state index < -0.39 is 0 Å². The third-order valence-corrected chi connectivity index (χ3v) is 4.89. The summed E-state index contributed by atoms with van der Waals surface area (Å²) in [6.07, 6.45) is 11.1. The van der Waals surface area contributed by atoms with E-state index in [-0.39, 0.29) is 0 Å². The monoisotopic (exact) mass is 238 g/mol. The third-order valence-electron chi connectivity index (χ3n) is 4.89. The Morgan fingerprint density at radius 3 is 2.41 bits per heavy atom. The zero-order valence-corrected chi connectivity index (χ0v) is 11.7. The zero-order chi connectivity index (χ0) is 12.3. The molecule has 0 aliphatic heterocycles. The molecule has 0 saturated heterocycles. The Hall–Kier alpha value is -0.0800. The Balaban J connectivity index is 1.82. The summed E-state index contributed by atoms with van der Waals surface area (Å²) < 4.78 is 0. The molecule has 0 bridgehead atoms. The lowest BCUT2D eigenvalue weighted by Crippen LogP contribution is -2.47. The van der Waals surface area contributed by atoms with Crippen molar-refractivity contribution in [2.24, 2.45) is 17.1 Å². The van der Waals surface area contributed by atoms with Gasteiger partial charge < -0.3 is 11.1 Å². The molecule has 17 heavy (non-hydrogen) atoms. The summed E-state index contributed by atoms with van der Waals surface area (Å²) in [6, 6.07) is 1.30. The zero-order valence-electron chi connectivity index (χ0n) is 11.7. The van der Waals surface area contributed by atoms with Crippen molar-refractivity contribution >= 4 is 0 Å². The van der Waals surface area contributed by atoms with Crippen molar-refractivity contribution in [3.8, 4) is 0 Å². The second-order valence-electron chi connectivity index (χ2n) is 7.01. The van der Waals surface area contributed by atoms with Crippen LogP contribution in [0.3, 0.4) is 0 Å². The Morgan fingerprint density at radius 2 is 1.88 bits per heavy atom. The molecule has 0 aromatic carbocycles. The number of nitrogens with two attached hydrogens (primary N) is 1. The highest BCUT2D eigenvalue weighted by Gasteiger charge is 2.33. The number of rotatable bonds is 4. The van der Waals surface area contributed by atoms with Gasteiger partial charge in [0.1, 0.15) is 0 Å². The molecule has 0 spiro atoms. The lowest BCUT2D eigenvalue weighted by Gasteiger charge is -2.32. The number of hydrogen-bond donors (Lipinski definition) is 2. The molecule has 100 valence electrons. The van der Waals surface area contributed by atoms with Gasteiger partial charge in [-0.2, -0.15) is 0 Å². The summed E-state index contributed by atoms with van der Waals surface area (Å²) in [5.74, 6) is 0.845. The molecule has 2 aliphatic rings. The maximum atomic E-state index is 5.99. The van der Waals surface area contributed by atoms with E-state index in [4.69, 9.17) is 5.73 Å². The van der Waals surface area contributed by atoms with Crippen LogP contribution >= 0.6 is 0 Å². The predicted molar refractivity (Wildman–Crippen MR) is 74.0 cm³/mol. The van der Waals surface area contributed by atoms with Gasteiger partial charge in [-0.1, -0.05) is 33.1 Å². The first-order valence-electron chi connectivity index (χ1n) is 7.57. The second kappa shape index (κ2) is 5.71. The van der Waals surface area contributed by atoms with E-state index in [1.54, 1.807) is 0 Å². The van der Waals surface area contributed by atoms with Crippen LogP contribution in [-0.4, -0.2) is 18.6 Å². The largest absolute Gasteiger partial charge is 0.329 e. The standard InChI is InChI=1S/C15H30N2/c1-15(2)9-8-13(10-15)17-14(11-16)12-6-4-3-5-7-12/h12-14,17H,3-11,16H2,1-2H3. The van der Waals surface area contributed by atoms with Crippen LogP contribution in [0.25, 0.3) is 0 Å². The smallest absolute Gasteiger partial charge is 0.0221 e. The predicted octanol–water partition coefficient (Wildman–Crippen LogP) is 3.06. The molecule has 0 aromatic heterocycles. The molecule has 2 aliphatic carbocycles. The molecule has 2 nitrogen and oxygen atoms in total. The molecular weight excluding hydrogens is 208 g/mol. The van der Waals surface area contributed by atoms with Crippen LogP contribution in [-0.2, 0) is 0 Å². The molecule has 2 fully saturated rings. The summed E-state index contributed by atoms with van der Waals surface area (Å²) in [6.45, 7) is 5.61. The normalized spacial score (nSPS) is 31.6. The van der Waals surface area contributed by atoms with Crippen molar-refractivity contribution < 1.29 is 0 Å². The van der Waals surface area contributed by atoms with Crippen LogP contribution in [0, 0.1) is 11.3 Å². The van der Waals surface area contributed by atoms with E-state index >= 15 is 0 Å². The molecular formula is C15H30N2. The van der Waals surface area contributed by atoms with Gasteiger partial charge in [0.25, 0.3) is 0 Å². The van der Waals surface area contributed by atoms with Crippen molar-refractivity contribution in [2.45, 2.75) is 77.3 Å². The first-order valence-corrected chi connectivity index (χ1v) is 7.57. The quantitative estimate of drug-likeness (QED) is 0.790. The lowest BCUT2D eigenvalue weighted by molar-refractivity contribution is 0.249. The van der Waals surface area contributed by atoms with Crippen LogP contribution in [0.1, 0.15) is 65.2 Å². The van der Waals surface area contributed by atoms with Gasteiger partial charge in [-0.05, 0) is 43.4 Å². The minimum absolute atomic E-state index is 0.545. The molecule has 0 radical (unpaired) electrons. The first kappa shape index (κ1) is 13.4. The fraction of sp³-hybridized carbons (Fsp3) is 1.00. The molecule has 3 N–H and O–H groups in total. The van der Waals surface area contributed by atoms with Crippen molar-refractivity contribution in [3.05, 3.63) is 0 Å². The summed E-state index contributed by atoms with van der Waals surface area (Å²) >= 11 is 0. The summed E-state index contributed by atoms with van der Waals surface area (Å²) in [5.41, 5.74) is 6.53. The van der Waals surface area contributed by atoms with Gasteiger partial charge in [-0.3, -0.25) is 0 Å². The van der Waals surface area contributed by atoms with E-state index in [1.165, 1.54) is 51.4 Å². The van der Waals surface area contributed by atoms with Gasteiger partial charge >= 0.3 is 0 Å². The van der Waals surface area contributed by atoms with E-state index in [9.17, 15) is 0 Å². The maximum Gasteiger partial charge on any atom is 0.0221 e. The SMILES string of the molecule is CC1(C)CCC(NC(CN)C2CCCCC2)C1. The molecule has 0 amide bonds. The van der Waals surface area contributed by atoms with E-state index in [2.05, 4.69) is 19.2 Å². The molecule has 2 saturated carbocycles. The molecule has 0 heterocycles. The molecule has 2 rings (SSSR count). The topological polar surface area (TPSA) is 38.0 Å². The minimum atomic E-state index is 0.545. The van der Waals surface area contributed by atoms with Gasteiger partial charge in [0.05, 0.1) is 0 Å². The summed E-state index contributed by atoms with van der Waals surface area (Å²) in [4.78, 5) is 0. The van der Waals surface area contributed by atoms with E-state index in [1.807, 2.05) is 0 Å². The van der Waals surface area contributed by atoms with Crippen molar-refractivity contribution in [3.63, 3.8) is 0 Å². The van der Waals surface area contributed by atoms with Gasteiger partial charge in [0.2, 0.25) is 0 Å². The van der Waals surface area contributed by atoms with Crippen LogP contribution in [0.5, 0.6) is 0 Å². The Labute approximate surface area is 107 Å². The van der Waals surface area contributed by atoms with Gasteiger partial charge in [-0.15, -0.1) is 0 Å². The lowest BCUT2D eigenvalue weighted by atomic mass is 9.83. The van der Waals surface area contributed by atoms with Crippen LogP contribution in [0.4, 0.5) is 0 Å². The van der Waals surface area contributed by atoms with Gasteiger partial charge in [0.15, 0.2) is 0 Å². The number of nitrogens with one attached hydrogen (secondary N) is 1. The van der Waals surface area contributed by atoms with E-state index in [0.29, 0.717) is 11.5 Å². The molecule has 2 unspecified atom stereocenters. The highest BCUT2D eigenvalue weighted by atomic mass is 15.0. The molecule has 2 atom stereocenters. The first-order chi connectivity index (χ1) is 8.11. The van der Waals surface area contributed by atoms with Gasteiger partial charge in [-0.25, -0.2) is 0 Å². The van der Waals surface area contributed by atoms with Crippen molar-refractivity contribution in [1.29, 1.82) is 0 Å². The third kappa shape index (κ3) is 3.69. The average molecular weight is 238 g/mol. The second-order valence-corrected chi connectivity index (χ2v) is 7.01. The molecule has 0 aromatic rings. The Kier molecular flexibility index (Phi) is 4.48. The average Bonchev–Trinajstić information content (AvgIpc) is 2.67. The Morgan fingerprint density at radius 1 is 1.18 bits per heavy atom. The highest BCUT2D eigenvalue weighted by molar-refractivity contribution is 4.90. The minimum Gasteiger partial charge on any atom is -0.329 e. The summed E-state index contributed by atoms with van der Waals surface area (Å²) in [5, 5.41) is 3.87. The van der Waals surface area contributed by atoms with Crippen molar-refractivity contribution in [2.75, 3.05) is 6.54 Å². The van der Waals surface area contributed by atoms with Gasteiger partial charge in [0, 0.05) is 18.6 Å². The number of hydrogen-bond acceptors (Lipinski definition) is 2. The fourth-order valence-electron chi connectivity index (χ4n) is 3.81. The summed E-state index contributed by atoms with van der Waals surface area (Å²) in [7, 11) is 0.